The summed E-state index contributed by atoms with van der Waals surface area (Å²) in [6, 6.07) is 2.22. The molecule has 0 unspecified atom stereocenters. The molecule has 10 heteroatoms. The van der Waals surface area contributed by atoms with Gasteiger partial charge in [0.15, 0.2) is 11.3 Å². The molecule has 0 radical (unpaired) electrons. The normalized spacial score (nSPS) is 12.6. The summed E-state index contributed by atoms with van der Waals surface area (Å²) in [7, 11) is 1.74. The number of carbonyl (C=O) groups excluding carboxylic acids is 1. The summed E-state index contributed by atoms with van der Waals surface area (Å²) in [4.78, 5) is 16.6. The Balaban J connectivity index is 1.96. The highest BCUT2D eigenvalue weighted by Gasteiger charge is 2.36. The molecule has 0 saturated heterocycles. The molecule has 0 spiro atoms. The predicted octanol–water partition coefficient (Wildman–Crippen LogP) is 2.71. The van der Waals surface area contributed by atoms with Crippen LogP contribution in [0.2, 0.25) is 0 Å². The second-order valence-electron chi connectivity index (χ2n) is 7.28. The van der Waals surface area contributed by atoms with Crippen LogP contribution in [0, 0.1) is 0 Å². The Morgan fingerprint density at radius 1 is 1.22 bits per heavy atom. The maximum Gasteiger partial charge on any atom is 0.433 e. The van der Waals surface area contributed by atoms with Crippen LogP contribution in [0.25, 0.3) is 5.65 Å². The maximum absolute atomic E-state index is 13.5. The van der Waals surface area contributed by atoms with Crippen LogP contribution < -0.4 is 5.32 Å². The molecule has 0 aliphatic carbocycles. The van der Waals surface area contributed by atoms with Gasteiger partial charge in [-0.1, -0.05) is 20.8 Å². The second kappa shape index (κ2) is 6.36. The zero-order valence-corrected chi connectivity index (χ0v) is 15.3. The fourth-order valence-electron chi connectivity index (χ4n) is 2.51. The van der Waals surface area contributed by atoms with E-state index in [2.05, 4.69) is 20.5 Å². The molecule has 1 amide bonds. The van der Waals surface area contributed by atoms with Crippen molar-refractivity contribution in [2.75, 3.05) is 0 Å². The lowest BCUT2D eigenvalue weighted by Gasteiger charge is -2.19. The number of rotatable bonds is 3. The van der Waals surface area contributed by atoms with E-state index in [0.717, 1.165) is 11.6 Å². The Morgan fingerprint density at radius 2 is 1.93 bits per heavy atom. The summed E-state index contributed by atoms with van der Waals surface area (Å²) in [6.07, 6.45) is -1.32. The Labute approximate surface area is 153 Å². The highest BCUT2D eigenvalue weighted by Crippen LogP contribution is 2.32. The molecule has 27 heavy (non-hydrogen) atoms. The zero-order valence-electron chi connectivity index (χ0n) is 15.3. The van der Waals surface area contributed by atoms with Crippen LogP contribution in [-0.4, -0.2) is 30.3 Å². The van der Waals surface area contributed by atoms with Gasteiger partial charge < -0.3 is 5.32 Å². The summed E-state index contributed by atoms with van der Waals surface area (Å²) in [5.41, 5.74) is -0.689. The van der Waals surface area contributed by atoms with Gasteiger partial charge in [0.25, 0.3) is 5.91 Å². The largest absolute Gasteiger partial charge is 0.433 e. The second-order valence-corrected chi connectivity index (χ2v) is 7.28. The van der Waals surface area contributed by atoms with Crippen LogP contribution in [0.3, 0.4) is 0 Å². The number of hydrogen-bond acceptors (Lipinski definition) is 4. The summed E-state index contributed by atoms with van der Waals surface area (Å²) >= 11 is 0. The molecule has 3 heterocycles. The van der Waals surface area contributed by atoms with Crippen molar-refractivity contribution in [3.63, 3.8) is 0 Å². The third-order valence-electron chi connectivity index (χ3n) is 3.93. The SMILES string of the molecule is Cn1cc(CNC(=O)c2cc3nc(C(C)(C)C)cc(C(F)(F)F)n3n2)cn1. The van der Waals surface area contributed by atoms with Crippen molar-refractivity contribution in [3.05, 3.63) is 47.2 Å². The van der Waals surface area contributed by atoms with Crippen LogP contribution in [0.5, 0.6) is 0 Å². The number of fused-ring (bicyclic) bond motifs is 1. The minimum Gasteiger partial charge on any atom is -0.346 e. The molecule has 0 bridgehead atoms. The van der Waals surface area contributed by atoms with Gasteiger partial charge >= 0.3 is 6.18 Å². The third-order valence-corrected chi connectivity index (χ3v) is 3.93. The molecule has 0 aromatic carbocycles. The van der Waals surface area contributed by atoms with E-state index in [0.29, 0.717) is 4.52 Å². The number of aryl methyl sites for hydroxylation is 1. The highest BCUT2D eigenvalue weighted by molar-refractivity contribution is 5.93. The quantitative estimate of drug-likeness (QED) is 0.758. The van der Waals surface area contributed by atoms with Gasteiger partial charge in [-0.3, -0.25) is 9.48 Å². The highest BCUT2D eigenvalue weighted by atomic mass is 19.4. The molecule has 0 fully saturated rings. The first-order chi connectivity index (χ1) is 12.4. The molecule has 3 aromatic heterocycles. The first-order valence-electron chi connectivity index (χ1n) is 8.19. The fraction of sp³-hybridized carbons (Fsp3) is 0.412. The summed E-state index contributed by atoms with van der Waals surface area (Å²) < 4.78 is 42.7. The van der Waals surface area contributed by atoms with Crippen LogP contribution in [0.4, 0.5) is 13.2 Å². The van der Waals surface area contributed by atoms with Crippen molar-refractivity contribution in [1.29, 1.82) is 0 Å². The number of hydrogen-bond donors (Lipinski definition) is 1. The number of halogens is 3. The van der Waals surface area contributed by atoms with Crippen LogP contribution in [-0.2, 0) is 25.2 Å². The van der Waals surface area contributed by atoms with Crippen molar-refractivity contribution >= 4 is 11.6 Å². The minimum atomic E-state index is -4.63. The van der Waals surface area contributed by atoms with Crippen molar-refractivity contribution < 1.29 is 18.0 Å². The molecule has 0 atom stereocenters. The smallest absolute Gasteiger partial charge is 0.346 e. The third kappa shape index (κ3) is 3.93. The lowest BCUT2D eigenvalue weighted by atomic mass is 9.91. The summed E-state index contributed by atoms with van der Waals surface area (Å²) in [5, 5.41) is 10.4. The topological polar surface area (TPSA) is 77.1 Å². The molecule has 3 rings (SSSR count). The number of aromatic nitrogens is 5. The molecular formula is C17H19F3N6O. The standard InChI is InChI=1S/C17H19F3N6O/c1-16(2,3)12-6-13(17(18,19)20)26-14(23-12)5-11(24-26)15(27)21-7-10-8-22-25(4)9-10/h5-6,8-9H,7H2,1-4H3,(H,21,27). The van der Waals surface area contributed by atoms with E-state index in [1.165, 1.54) is 6.07 Å². The lowest BCUT2D eigenvalue weighted by Crippen LogP contribution is -2.23. The van der Waals surface area contributed by atoms with Crippen molar-refractivity contribution in [3.8, 4) is 0 Å². The van der Waals surface area contributed by atoms with E-state index in [1.807, 2.05) is 0 Å². The Morgan fingerprint density at radius 3 is 2.48 bits per heavy atom. The molecule has 0 aliphatic rings. The van der Waals surface area contributed by atoms with E-state index in [4.69, 9.17) is 0 Å². The van der Waals surface area contributed by atoms with E-state index in [9.17, 15) is 18.0 Å². The number of carbonyl (C=O) groups is 1. The van der Waals surface area contributed by atoms with Gasteiger partial charge in [-0.25, -0.2) is 9.50 Å². The lowest BCUT2D eigenvalue weighted by molar-refractivity contribution is -0.142. The molecule has 1 N–H and O–H groups in total. The van der Waals surface area contributed by atoms with E-state index < -0.39 is 23.2 Å². The van der Waals surface area contributed by atoms with Crippen molar-refractivity contribution in [2.45, 2.75) is 38.9 Å². The first-order valence-corrected chi connectivity index (χ1v) is 8.19. The minimum absolute atomic E-state index is 0.0266. The van der Waals surface area contributed by atoms with Gasteiger partial charge in [0.1, 0.15) is 5.69 Å². The first kappa shape index (κ1) is 18.9. The number of alkyl halides is 3. The molecule has 0 aliphatic heterocycles. The Kier molecular flexibility index (Phi) is 4.44. The Bertz CT molecular complexity index is 996. The zero-order chi connectivity index (χ0) is 20.0. The van der Waals surface area contributed by atoms with Gasteiger partial charge in [0.2, 0.25) is 0 Å². The van der Waals surface area contributed by atoms with E-state index in [1.54, 1.807) is 44.9 Å². The molecule has 0 saturated carbocycles. The number of amides is 1. The predicted molar refractivity (Wildman–Crippen MR) is 91.1 cm³/mol. The van der Waals surface area contributed by atoms with Crippen LogP contribution in [0.1, 0.15) is 48.2 Å². The van der Waals surface area contributed by atoms with Gasteiger partial charge in [-0.05, 0) is 6.07 Å². The number of nitrogens with one attached hydrogen (secondary N) is 1. The fourth-order valence-corrected chi connectivity index (χ4v) is 2.51. The molecule has 3 aromatic rings. The Hall–Kier alpha value is -2.91. The average Bonchev–Trinajstić information content (AvgIpc) is 3.15. The summed E-state index contributed by atoms with van der Waals surface area (Å²) in [6.45, 7) is 5.49. The molecule has 7 nitrogen and oxygen atoms in total. The van der Waals surface area contributed by atoms with Gasteiger partial charge in [-0.15, -0.1) is 0 Å². The van der Waals surface area contributed by atoms with Crippen molar-refractivity contribution in [1.82, 2.24) is 29.7 Å². The van der Waals surface area contributed by atoms with E-state index >= 15 is 0 Å². The maximum atomic E-state index is 13.5. The number of nitrogens with zero attached hydrogens (tertiary/aromatic N) is 5. The van der Waals surface area contributed by atoms with Crippen LogP contribution >= 0.6 is 0 Å². The van der Waals surface area contributed by atoms with Crippen LogP contribution in [0.15, 0.2) is 24.5 Å². The van der Waals surface area contributed by atoms with E-state index in [-0.39, 0.29) is 23.6 Å². The summed E-state index contributed by atoms with van der Waals surface area (Å²) in [5.74, 6) is -0.588. The average molecular weight is 380 g/mol. The van der Waals surface area contributed by atoms with Gasteiger partial charge in [0.05, 0.1) is 11.9 Å². The monoisotopic (exact) mass is 380 g/mol. The van der Waals surface area contributed by atoms with Gasteiger partial charge in [-0.2, -0.15) is 23.4 Å². The van der Waals surface area contributed by atoms with Crippen molar-refractivity contribution in [2.24, 2.45) is 7.05 Å². The molecule has 144 valence electrons. The van der Waals surface area contributed by atoms with Gasteiger partial charge in [0, 0.05) is 36.8 Å². The molecular weight excluding hydrogens is 361 g/mol.